The molecule has 4 aliphatic heterocycles. The number of aromatic nitrogens is 2. The van der Waals surface area contributed by atoms with Gasteiger partial charge in [-0.2, -0.15) is 0 Å². The van der Waals surface area contributed by atoms with Crippen LogP contribution in [0.3, 0.4) is 0 Å². The van der Waals surface area contributed by atoms with Gasteiger partial charge in [0.15, 0.2) is 34.6 Å². The Hall–Kier alpha value is -7.68. The maximum atomic E-state index is 14.7. The Kier molecular flexibility index (Phi) is 19.7. The average molecular weight is 1050 g/mol. The van der Waals surface area contributed by atoms with Crippen LogP contribution in [0.4, 0.5) is 8.78 Å². The fourth-order valence-electron chi connectivity index (χ4n) is 9.05. The molecule has 0 bridgehead atoms. The van der Waals surface area contributed by atoms with E-state index in [1.54, 1.807) is 54.9 Å². The number of fused-ring (bicyclic) bond motifs is 2. The molecule has 4 aromatic carbocycles. The van der Waals surface area contributed by atoms with Gasteiger partial charge in [0.1, 0.15) is 32.5 Å². The smallest absolute Gasteiger partial charge is 0.377 e. The van der Waals surface area contributed by atoms with E-state index in [4.69, 9.17) is 29.8 Å². The highest BCUT2D eigenvalue weighted by Gasteiger charge is 2.32. The van der Waals surface area contributed by atoms with Crippen molar-refractivity contribution in [3.8, 4) is 45.5 Å². The first-order valence-corrected chi connectivity index (χ1v) is 24.7. The van der Waals surface area contributed by atoms with Crippen LogP contribution >= 0.6 is 0 Å². The van der Waals surface area contributed by atoms with E-state index >= 15 is 0 Å². The lowest BCUT2D eigenvalue weighted by atomic mass is 9.99. The van der Waals surface area contributed by atoms with E-state index in [0.717, 1.165) is 61.5 Å². The Balaban J connectivity index is 0.000000182. The third-order valence-electron chi connectivity index (χ3n) is 13.0. The maximum absolute atomic E-state index is 14.7. The first-order valence-electron chi connectivity index (χ1n) is 24.7. The lowest BCUT2D eigenvalue weighted by Gasteiger charge is -2.29. The molecule has 400 valence electrons. The van der Waals surface area contributed by atoms with Gasteiger partial charge in [-0.15, -0.1) is 0 Å². The van der Waals surface area contributed by atoms with Crippen molar-refractivity contribution < 1.29 is 62.2 Å². The maximum Gasteiger partial charge on any atom is 0.377 e. The second kappa shape index (κ2) is 26.7. The highest BCUT2D eigenvalue weighted by molar-refractivity contribution is 6.43. The van der Waals surface area contributed by atoms with Crippen molar-refractivity contribution in [1.29, 1.82) is 0 Å². The molecule has 0 spiro atoms. The number of nitrogens with zero attached hydrogens (tertiary/aromatic N) is 4. The number of carboxylic acid groups (broad SMARTS) is 1. The minimum Gasteiger partial charge on any atom is -0.486 e. The van der Waals surface area contributed by atoms with Gasteiger partial charge >= 0.3 is 5.97 Å². The summed E-state index contributed by atoms with van der Waals surface area (Å²) in [6, 6.07) is 28.3. The molecule has 17 nitrogen and oxygen atoms in total. The quantitative estimate of drug-likeness (QED) is 0.0522. The summed E-state index contributed by atoms with van der Waals surface area (Å²) in [5, 5.41) is 32.8. The number of aliphatic hydroxyl groups is 2. The molecule has 1 amide bonds. The Morgan fingerprint density at radius 2 is 1.03 bits per heavy atom. The SMILES string of the molecule is C.N[C@H](CN1CCCC1)[C@H](O)c1cc(F)c2c(c1)OCCO2.O=C(N[C@H](CN1CCCC1)[C@H](O)c1cc(F)c2c(c1)OCCO2)C(=O)c1ccc(-c2ccccn2)cc1.O=C(O)C(=O)c1ccc(-c2ccccn2)cc1. The lowest BCUT2D eigenvalue weighted by molar-refractivity contribution is -0.131. The van der Waals surface area contributed by atoms with Crippen molar-refractivity contribution >= 4 is 23.4 Å². The van der Waals surface area contributed by atoms with E-state index in [-0.39, 0.29) is 54.6 Å². The molecule has 10 rings (SSSR count). The monoisotopic (exact) mass is 1040 g/mol. The van der Waals surface area contributed by atoms with E-state index in [1.807, 2.05) is 36.4 Å². The molecule has 0 saturated carbocycles. The number of nitrogens with two attached hydrogens (primary N) is 1. The van der Waals surface area contributed by atoms with E-state index in [2.05, 4.69) is 25.1 Å². The number of halogens is 2. The fraction of sp³-hybridized carbons (Fsp3) is 0.333. The lowest BCUT2D eigenvalue weighted by Crippen LogP contribution is -2.48. The summed E-state index contributed by atoms with van der Waals surface area (Å²) >= 11 is 0. The molecular formula is C57H62F2N6O11. The molecule has 76 heavy (non-hydrogen) atoms. The zero-order valence-corrected chi connectivity index (χ0v) is 41.0. The number of aliphatic hydroxyl groups excluding tert-OH is 2. The standard InChI is InChI=1S/C28H28FN3O5.C15H21FN2O3.C13H9NO3.CH4/c29-21-15-20(16-24-27(21)37-14-13-36-24)25(33)23(17-32-11-3-4-12-32)31-28(35)26(34)19-8-6-18(7-9-19)22-5-1-2-10-30-22;16-11-7-10(8-13-15(11)21-6-5-20-13)14(19)12(17)9-18-3-1-2-4-18;15-12(13(16)17)10-6-4-9(5-7-10)11-3-1-2-8-14-11;/h1-2,5-10,15-16,23,25,33H,3-4,11-14,17H2,(H,31,35);7-8,12,14,19H,1-6,9,17H2;1-8H,(H,16,17);1H4/t23-,25-;12-,14-;;/m11../s1. The number of amides is 1. The molecule has 4 atom stereocenters. The summed E-state index contributed by atoms with van der Waals surface area (Å²) < 4.78 is 50.1. The molecule has 19 heteroatoms. The van der Waals surface area contributed by atoms with Gasteiger partial charge in [-0.3, -0.25) is 24.4 Å². The number of benzene rings is 4. The van der Waals surface area contributed by atoms with Gasteiger partial charge in [-0.05, 0) is 112 Å². The second-order valence-corrected chi connectivity index (χ2v) is 18.3. The van der Waals surface area contributed by atoms with Crippen LogP contribution in [0.15, 0.2) is 122 Å². The minimum atomic E-state index is -1.45. The van der Waals surface area contributed by atoms with E-state index in [9.17, 15) is 38.2 Å². The number of aliphatic carboxylic acids is 1. The zero-order valence-electron chi connectivity index (χ0n) is 41.0. The summed E-state index contributed by atoms with van der Waals surface area (Å²) in [4.78, 5) is 60.4. The number of carbonyl (C=O) groups is 4. The number of carbonyl (C=O) groups excluding carboxylic acids is 3. The van der Waals surface area contributed by atoms with Crippen molar-refractivity contribution in [3.63, 3.8) is 0 Å². The molecule has 6 N–H and O–H groups in total. The van der Waals surface area contributed by atoms with Gasteiger partial charge in [0.25, 0.3) is 11.7 Å². The summed E-state index contributed by atoms with van der Waals surface area (Å²) in [6.07, 6.45) is 5.52. The second-order valence-electron chi connectivity index (χ2n) is 18.3. The Labute approximate surface area is 439 Å². The van der Waals surface area contributed by atoms with Crippen LogP contribution in [0.25, 0.3) is 22.5 Å². The van der Waals surface area contributed by atoms with Crippen LogP contribution in [0, 0.1) is 11.6 Å². The summed E-state index contributed by atoms with van der Waals surface area (Å²) in [7, 11) is 0. The zero-order chi connectivity index (χ0) is 52.8. The predicted octanol–water partition coefficient (Wildman–Crippen LogP) is 6.86. The van der Waals surface area contributed by atoms with Crippen LogP contribution in [-0.4, -0.2) is 136 Å². The number of carboxylic acids is 1. The van der Waals surface area contributed by atoms with Crippen molar-refractivity contribution in [3.05, 3.63) is 155 Å². The minimum absolute atomic E-state index is 0. The molecule has 0 radical (unpaired) electrons. The number of Topliss-reactive ketones (excluding diaryl/α,β-unsaturated/α-hetero) is 2. The number of ketones is 2. The van der Waals surface area contributed by atoms with Gasteiger partial charge in [0, 0.05) is 53.8 Å². The molecule has 0 unspecified atom stereocenters. The summed E-state index contributed by atoms with van der Waals surface area (Å²) in [6.45, 7) is 5.80. The molecule has 6 heterocycles. The van der Waals surface area contributed by atoms with Crippen LogP contribution in [0.1, 0.15) is 77.2 Å². The number of hydrogen-bond acceptors (Lipinski definition) is 15. The van der Waals surface area contributed by atoms with Crippen molar-refractivity contribution in [2.45, 2.75) is 57.4 Å². The van der Waals surface area contributed by atoms with E-state index in [1.165, 1.54) is 43.2 Å². The van der Waals surface area contributed by atoms with Crippen LogP contribution in [-0.2, 0) is 9.59 Å². The van der Waals surface area contributed by atoms with Gasteiger partial charge in [0.2, 0.25) is 5.78 Å². The largest absolute Gasteiger partial charge is 0.486 e. The normalized spacial score (nSPS) is 16.2. The third kappa shape index (κ3) is 14.4. The van der Waals surface area contributed by atoms with Gasteiger partial charge in [-0.1, -0.05) is 68.1 Å². The summed E-state index contributed by atoms with van der Waals surface area (Å²) in [5.41, 5.74) is 10.3. The molecule has 6 aromatic rings. The molecule has 2 fully saturated rings. The molecule has 2 saturated heterocycles. The van der Waals surface area contributed by atoms with E-state index < -0.39 is 59.4 Å². The topological polar surface area (TPSA) is 236 Å². The van der Waals surface area contributed by atoms with Crippen molar-refractivity contribution in [2.75, 3.05) is 65.7 Å². The highest BCUT2D eigenvalue weighted by Crippen LogP contribution is 2.38. The number of nitrogens with one attached hydrogen (secondary N) is 1. The Morgan fingerprint density at radius 1 is 0.592 bits per heavy atom. The van der Waals surface area contributed by atoms with E-state index in [0.29, 0.717) is 37.6 Å². The number of ether oxygens (including phenoxy) is 4. The predicted molar refractivity (Wildman–Crippen MR) is 278 cm³/mol. The number of pyridine rings is 2. The van der Waals surface area contributed by atoms with Crippen molar-refractivity contribution in [1.82, 2.24) is 25.1 Å². The molecular weight excluding hydrogens is 983 g/mol. The van der Waals surface area contributed by atoms with Crippen LogP contribution < -0.4 is 30.0 Å². The Morgan fingerprint density at radius 3 is 1.47 bits per heavy atom. The third-order valence-corrected chi connectivity index (χ3v) is 13.0. The molecule has 4 aliphatic rings. The number of likely N-dealkylation sites (tertiary alicyclic amines) is 2. The number of hydrogen-bond donors (Lipinski definition) is 5. The average Bonchev–Trinajstić information content (AvgIpc) is 4.18. The Bertz CT molecular complexity index is 2910. The fourth-order valence-corrected chi connectivity index (χ4v) is 9.05. The van der Waals surface area contributed by atoms with Crippen LogP contribution in [0.5, 0.6) is 23.0 Å². The van der Waals surface area contributed by atoms with Gasteiger partial charge in [0.05, 0.1) is 23.5 Å². The summed E-state index contributed by atoms with van der Waals surface area (Å²) in [5.74, 6) is -4.42. The van der Waals surface area contributed by atoms with Crippen LogP contribution in [0.2, 0.25) is 0 Å². The molecule has 0 aliphatic carbocycles. The molecule has 2 aromatic heterocycles. The first kappa shape index (κ1) is 56.1. The highest BCUT2D eigenvalue weighted by atomic mass is 19.1. The number of rotatable bonds is 15. The first-order chi connectivity index (χ1) is 36.3. The van der Waals surface area contributed by atoms with Gasteiger partial charge < -0.3 is 55.1 Å². The van der Waals surface area contributed by atoms with Gasteiger partial charge in [-0.25, -0.2) is 13.6 Å². The van der Waals surface area contributed by atoms with Crippen molar-refractivity contribution in [2.24, 2.45) is 5.73 Å².